The summed E-state index contributed by atoms with van der Waals surface area (Å²) in [7, 11) is 0. The Kier molecular flexibility index (Phi) is 5.97. The lowest BCUT2D eigenvalue weighted by Gasteiger charge is -2.17. The third-order valence-electron chi connectivity index (χ3n) is 4.49. The smallest absolute Gasteiger partial charge is 0.277 e. The fourth-order valence-electron chi connectivity index (χ4n) is 3.02. The molecule has 0 aliphatic heterocycles. The Morgan fingerprint density at radius 2 is 1.71 bits per heavy atom. The number of hydrogen-bond acceptors (Lipinski definition) is 4. The molecule has 1 unspecified atom stereocenters. The first-order valence-electron chi connectivity index (χ1n) is 9.07. The molecular formula is C22H20N4O2. The number of carbonyl (C=O) groups is 1. The molecule has 1 amide bonds. The van der Waals surface area contributed by atoms with Crippen LogP contribution in [0.4, 0.5) is 0 Å². The maximum absolute atomic E-state index is 13.0. The molecule has 0 aliphatic carbocycles. The number of nitrogens with zero attached hydrogens (tertiary/aromatic N) is 2. The SMILES string of the molecule is CCC(CC#N)NC(=O)c1c(-c2ccccc2)c(-c2ccccc2)n[nH]c1=O. The minimum Gasteiger partial charge on any atom is -0.348 e. The van der Waals surface area contributed by atoms with Gasteiger partial charge in [-0.15, -0.1) is 0 Å². The monoisotopic (exact) mass is 372 g/mol. The average Bonchev–Trinajstić information content (AvgIpc) is 2.74. The third-order valence-corrected chi connectivity index (χ3v) is 4.49. The highest BCUT2D eigenvalue weighted by molar-refractivity contribution is 6.03. The summed E-state index contributed by atoms with van der Waals surface area (Å²) in [4.78, 5) is 25.6. The van der Waals surface area contributed by atoms with E-state index in [-0.39, 0.29) is 18.0 Å². The summed E-state index contributed by atoms with van der Waals surface area (Å²) in [5.74, 6) is -0.512. The largest absolute Gasteiger partial charge is 0.348 e. The van der Waals surface area contributed by atoms with Crippen LogP contribution >= 0.6 is 0 Å². The average molecular weight is 372 g/mol. The number of nitrogens with one attached hydrogen (secondary N) is 2. The molecule has 0 saturated carbocycles. The minimum atomic E-state index is -0.567. The van der Waals surface area contributed by atoms with E-state index in [0.717, 1.165) is 11.1 Å². The highest BCUT2D eigenvalue weighted by atomic mass is 16.2. The van der Waals surface area contributed by atoms with Crippen LogP contribution in [0.1, 0.15) is 30.1 Å². The van der Waals surface area contributed by atoms with Crippen LogP contribution < -0.4 is 10.9 Å². The van der Waals surface area contributed by atoms with Gasteiger partial charge in [-0.05, 0) is 12.0 Å². The molecule has 1 heterocycles. The van der Waals surface area contributed by atoms with Crippen LogP contribution in [0.15, 0.2) is 65.5 Å². The molecule has 0 spiro atoms. The zero-order chi connectivity index (χ0) is 19.9. The van der Waals surface area contributed by atoms with Gasteiger partial charge in [-0.3, -0.25) is 9.59 Å². The van der Waals surface area contributed by atoms with Crippen molar-refractivity contribution in [1.29, 1.82) is 5.26 Å². The normalized spacial score (nSPS) is 11.4. The molecule has 0 aliphatic rings. The molecule has 0 fully saturated rings. The first kappa shape index (κ1) is 19.1. The number of rotatable bonds is 6. The van der Waals surface area contributed by atoms with Gasteiger partial charge in [0.25, 0.3) is 11.5 Å². The molecule has 0 radical (unpaired) electrons. The van der Waals surface area contributed by atoms with Crippen LogP contribution in [-0.2, 0) is 0 Å². The summed E-state index contributed by atoms with van der Waals surface area (Å²) < 4.78 is 0. The van der Waals surface area contributed by atoms with E-state index in [9.17, 15) is 9.59 Å². The van der Waals surface area contributed by atoms with Crippen LogP contribution in [0.5, 0.6) is 0 Å². The van der Waals surface area contributed by atoms with E-state index in [4.69, 9.17) is 5.26 Å². The van der Waals surface area contributed by atoms with Gasteiger partial charge in [0, 0.05) is 17.2 Å². The Morgan fingerprint density at radius 3 is 2.29 bits per heavy atom. The Bertz CT molecular complexity index is 1050. The van der Waals surface area contributed by atoms with Crippen LogP contribution in [-0.4, -0.2) is 22.1 Å². The van der Waals surface area contributed by atoms with E-state index in [1.165, 1.54) is 0 Å². The number of nitriles is 1. The highest BCUT2D eigenvalue weighted by Crippen LogP contribution is 2.31. The lowest BCUT2D eigenvalue weighted by Crippen LogP contribution is -2.38. The Morgan fingerprint density at radius 1 is 1.11 bits per heavy atom. The van der Waals surface area contributed by atoms with Crippen LogP contribution in [0.3, 0.4) is 0 Å². The minimum absolute atomic E-state index is 0.00329. The number of H-pyrrole nitrogens is 1. The zero-order valence-corrected chi connectivity index (χ0v) is 15.5. The van der Waals surface area contributed by atoms with E-state index < -0.39 is 11.5 Å². The summed E-state index contributed by atoms with van der Waals surface area (Å²) in [6.07, 6.45) is 0.770. The lowest BCUT2D eigenvalue weighted by molar-refractivity contribution is 0.0935. The van der Waals surface area contributed by atoms with Gasteiger partial charge in [0.05, 0.1) is 18.2 Å². The molecule has 0 bridgehead atoms. The zero-order valence-electron chi connectivity index (χ0n) is 15.5. The summed E-state index contributed by atoms with van der Waals surface area (Å²) in [5, 5.41) is 18.4. The second-order valence-electron chi connectivity index (χ2n) is 6.32. The van der Waals surface area contributed by atoms with Crippen molar-refractivity contribution in [2.45, 2.75) is 25.8 Å². The predicted octanol–water partition coefficient (Wildman–Crippen LogP) is 3.53. The molecule has 28 heavy (non-hydrogen) atoms. The van der Waals surface area contributed by atoms with Crippen molar-refractivity contribution in [1.82, 2.24) is 15.5 Å². The fraction of sp³-hybridized carbons (Fsp3) is 0.182. The van der Waals surface area contributed by atoms with Crippen LogP contribution in [0.2, 0.25) is 0 Å². The molecule has 140 valence electrons. The summed E-state index contributed by atoms with van der Waals surface area (Å²) in [5.41, 5.74) is 1.93. The van der Waals surface area contributed by atoms with E-state index >= 15 is 0 Å². The topological polar surface area (TPSA) is 98.6 Å². The van der Waals surface area contributed by atoms with E-state index in [1.54, 1.807) is 0 Å². The van der Waals surface area contributed by atoms with Crippen molar-refractivity contribution in [2.75, 3.05) is 0 Å². The predicted molar refractivity (Wildman–Crippen MR) is 108 cm³/mol. The molecule has 3 rings (SSSR count). The summed E-state index contributed by atoms with van der Waals surface area (Å²) >= 11 is 0. The highest BCUT2D eigenvalue weighted by Gasteiger charge is 2.24. The molecule has 2 N–H and O–H groups in total. The van der Waals surface area contributed by atoms with Crippen LogP contribution in [0.25, 0.3) is 22.4 Å². The number of aromatic amines is 1. The molecule has 6 nitrogen and oxygen atoms in total. The number of benzene rings is 2. The van der Waals surface area contributed by atoms with Gasteiger partial charge in [-0.25, -0.2) is 5.10 Å². The Labute approximate surface area is 162 Å². The first-order chi connectivity index (χ1) is 13.7. The molecule has 2 aromatic carbocycles. The van der Waals surface area contributed by atoms with Crippen molar-refractivity contribution in [2.24, 2.45) is 0 Å². The van der Waals surface area contributed by atoms with Gasteiger partial charge in [0.15, 0.2) is 0 Å². The van der Waals surface area contributed by atoms with Crippen molar-refractivity contribution >= 4 is 5.91 Å². The molecular weight excluding hydrogens is 352 g/mol. The van der Waals surface area contributed by atoms with E-state index in [0.29, 0.717) is 17.7 Å². The van der Waals surface area contributed by atoms with Crippen molar-refractivity contribution in [3.8, 4) is 28.5 Å². The molecule has 6 heteroatoms. The summed E-state index contributed by atoms with van der Waals surface area (Å²) in [6.45, 7) is 1.88. The standard InChI is InChI=1S/C22H20N4O2/c1-2-17(13-14-23)24-21(27)19-18(15-9-5-3-6-10-15)20(25-26-22(19)28)16-11-7-4-8-12-16/h3-12,17H,2,13H2,1H3,(H,24,27)(H,26,28). The van der Waals surface area contributed by atoms with Crippen molar-refractivity contribution in [3.63, 3.8) is 0 Å². The van der Waals surface area contributed by atoms with Gasteiger partial charge in [-0.1, -0.05) is 67.6 Å². The molecule has 1 atom stereocenters. The summed E-state index contributed by atoms with van der Waals surface area (Å²) in [6, 6.07) is 20.4. The van der Waals surface area contributed by atoms with Gasteiger partial charge < -0.3 is 5.32 Å². The quantitative estimate of drug-likeness (QED) is 0.691. The second-order valence-corrected chi connectivity index (χ2v) is 6.32. The molecule has 0 saturated heterocycles. The number of aromatic nitrogens is 2. The number of carbonyl (C=O) groups excluding carboxylic acids is 1. The van der Waals surface area contributed by atoms with Crippen molar-refractivity contribution in [3.05, 3.63) is 76.6 Å². The third kappa shape index (κ3) is 3.99. The van der Waals surface area contributed by atoms with Gasteiger partial charge in [-0.2, -0.15) is 10.4 Å². The second kappa shape index (κ2) is 8.78. The Hall–Kier alpha value is -3.72. The fourth-order valence-corrected chi connectivity index (χ4v) is 3.02. The van der Waals surface area contributed by atoms with Gasteiger partial charge in [0.1, 0.15) is 5.56 Å². The first-order valence-corrected chi connectivity index (χ1v) is 9.07. The molecule has 1 aromatic heterocycles. The number of hydrogen-bond donors (Lipinski definition) is 2. The lowest BCUT2D eigenvalue weighted by atomic mass is 9.95. The van der Waals surface area contributed by atoms with E-state index in [1.807, 2.05) is 67.6 Å². The van der Waals surface area contributed by atoms with Gasteiger partial charge in [0.2, 0.25) is 0 Å². The maximum Gasteiger partial charge on any atom is 0.277 e. The van der Waals surface area contributed by atoms with Gasteiger partial charge >= 0.3 is 0 Å². The van der Waals surface area contributed by atoms with E-state index in [2.05, 4.69) is 21.6 Å². The Balaban J connectivity index is 2.20. The number of amides is 1. The molecule has 3 aromatic rings. The maximum atomic E-state index is 13.0. The van der Waals surface area contributed by atoms with Crippen LogP contribution in [0, 0.1) is 11.3 Å². The van der Waals surface area contributed by atoms with Crippen molar-refractivity contribution < 1.29 is 4.79 Å².